The Morgan fingerprint density at radius 1 is 1.35 bits per heavy atom. The largest absolute Gasteiger partial charge is 0.503 e. The van der Waals surface area contributed by atoms with Crippen LogP contribution in [-0.4, -0.2) is 28.2 Å². The molecule has 0 radical (unpaired) electrons. The van der Waals surface area contributed by atoms with Gasteiger partial charge in [0.2, 0.25) is 0 Å². The number of carbonyl (C=O) groups is 2. The Labute approximate surface area is 137 Å². The van der Waals surface area contributed by atoms with Crippen molar-refractivity contribution in [3.05, 3.63) is 46.7 Å². The van der Waals surface area contributed by atoms with Crippen LogP contribution in [0.5, 0.6) is 0 Å². The van der Waals surface area contributed by atoms with Crippen LogP contribution in [0.2, 0.25) is 0 Å². The number of aliphatic hydroxyl groups is 1. The number of carbonyl (C=O) groups excluding carboxylic acids is 2. The highest BCUT2D eigenvalue weighted by Crippen LogP contribution is 2.38. The molecule has 23 heavy (non-hydrogen) atoms. The second-order valence-electron chi connectivity index (χ2n) is 6.60. The lowest BCUT2D eigenvalue weighted by atomic mass is 9.91. The number of nitrogens with zero attached hydrogens (tertiary/aromatic N) is 1. The van der Waals surface area contributed by atoms with Gasteiger partial charge in [-0.25, -0.2) is 0 Å². The molecule has 1 aliphatic rings. The standard InChI is InChI=1S/C19H25NO3/c1-5-9-20-17(14-8-6-7-13(4)11-14)16(18(22)19(20)23)15(21)10-12(2)3/h6-8,11-12,17,22H,5,9-10H2,1-4H3. The fourth-order valence-electron chi connectivity index (χ4n) is 3.08. The predicted octanol–water partition coefficient (Wildman–Crippen LogP) is 3.72. The summed E-state index contributed by atoms with van der Waals surface area (Å²) in [6.07, 6.45) is 1.10. The van der Waals surface area contributed by atoms with Gasteiger partial charge in [-0.3, -0.25) is 9.59 Å². The molecule has 1 N–H and O–H groups in total. The summed E-state index contributed by atoms with van der Waals surface area (Å²) in [6, 6.07) is 7.30. The Hall–Kier alpha value is -2.10. The average Bonchev–Trinajstić information content (AvgIpc) is 2.72. The summed E-state index contributed by atoms with van der Waals surface area (Å²) in [5, 5.41) is 10.3. The molecule has 0 fully saturated rings. The Morgan fingerprint density at radius 2 is 2.04 bits per heavy atom. The van der Waals surface area contributed by atoms with E-state index in [4.69, 9.17) is 0 Å². The van der Waals surface area contributed by atoms with Crippen LogP contribution in [0.4, 0.5) is 0 Å². The first-order valence-corrected chi connectivity index (χ1v) is 8.20. The Kier molecular flexibility index (Phi) is 5.24. The van der Waals surface area contributed by atoms with E-state index in [-0.39, 0.29) is 23.0 Å². The van der Waals surface area contributed by atoms with Crippen molar-refractivity contribution in [1.29, 1.82) is 0 Å². The van der Waals surface area contributed by atoms with Crippen molar-refractivity contribution in [3.8, 4) is 0 Å². The zero-order chi connectivity index (χ0) is 17.1. The van der Waals surface area contributed by atoms with Gasteiger partial charge >= 0.3 is 0 Å². The molecular formula is C19H25NO3. The maximum atomic E-state index is 12.6. The van der Waals surface area contributed by atoms with E-state index in [2.05, 4.69) is 0 Å². The van der Waals surface area contributed by atoms with Crippen LogP contribution in [0, 0.1) is 12.8 Å². The number of rotatable bonds is 6. The van der Waals surface area contributed by atoms with Gasteiger partial charge < -0.3 is 10.0 Å². The third-order valence-corrected chi connectivity index (χ3v) is 4.02. The van der Waals surface area contributed by atoms with E-state index >= 15 is 0 Å². The zero-order valence-electron chi connectivity index (χ0n) is 14.3. The van der Waals surface area contributed by atoms with E-state index in [1.54, 1.807) is 4.90 Å². The van der Waals surface area contributed by atoms with Gasteiger partial charge in [0.05, 0.1) is 11.6 Å². The monoisotopic (exact) mass is 315 g/mol. The fraction of sp³-hybridized carbons (Fsp3) is 0.474. The van der Waals surface area contributed by atoms with Crippen molar-refractivity contribution in [1.82, 2.24) is 4.90 Å². The van der Waals surface area contributed by atoms with Crippen LogP contribution in [0.3, 0.4) is 0 Å². The maximum absolute atomic E-state index is 12.6. The molecular weight excluding hydrogens is 290 g/mol. The maximum Gasteiger partial charge on any atom is 0.290 e. The normalized spacial score (nSPS) is 18.2. The van der Waals surface area contributed by atoms with Gasteiger partial charge in [0.25, 0.3) is 5.91 Å². The molecule has 1 amide bonds. The molecule has 0 aliphatic carbocycles. The van der Waals surface area contributed by atoms with Crippen molar-refractivity contribution in [2.24, 2.45) is 5.92 Å². The number of aliphatic hydroxyl groups excluding tert-OH is 1. The first-order chi connectivity index (χ1) is 10.9. The second-order valence-corrected chi connectivity index (χ2v) is 6.60. The highest BCUT2D eigenvalue weighted by Gasteiger charge is 2.42. The lowest BCUT2D eigenvalue weighted by molar-refractivity contribution is -0.129. The summed E-state index contributed by atoms with van der Waals surface area (Å²) < 4.78 is 0. The van der Waals surface area contributed by atoms with Gasteiger partial charge in [0.1, 0.15) is 0 Å². The first kappa shape index (κ1) is 17.3. The highest BCUT2D eigenvalue weighted by atomic mass is 16.3. The molecule has 4 nitrogen and oxygen atoms in total. The Balaban J connectivity index is 2.50. The summed E-state index contributed by atoms with van der Waals surface area (Å²) >= 11 is 0. The molecule has 1 heterocycles. The van der Waals surface area contributed by atoms with E-state index in [1.807, 2.05) is 52.0 Å². The average molecular weight is 315 g/mol. The number of ketones is 1. The quantitative estimate of drug-likeness (QED) is 0.870. The SMILES string of the molecule is CCCN1C(=O)C(O)=C(C(=O)CC(C)C)C1c1cccc(C)c1. The second kappa shape index (κ2) is 6.99. The number of hydrogen-bond donors (Lipinski definition) is 1. The van der Waals surface area contributed by atoms with Crippen LogP contribution >= 0.6 is 0 Å². The number of hydrogen-bond acceptors (Lipinski definition) is 3. The van der Waals surface area contributed by atoms with Crippen LogP contribution < -0.4 is 0 Å². The summed E-state index contributed by atoms with van der Waals surface area (Å²) in [6.45, 7) is 8.38. The van der Waals surface area contributed by atoms with Crippen LogP contribution in [0.1, 0.15) is 50.8 Å². The molecule has 2 rings (SSSR count). The molecule has 1 aliphatic heterocycles. The van der Waals surface area contributed by atoms with E-state index in [9.17, 15) is 14.7 Å². The smallest absolute Gasteiger partial charge is 0.290 e. The summed E-state index contributed by atoms with van der Waals surface area (Å²) in [5.41, 5.74) is 2.19. The minimum absolute atomic E-state index is 0.143. The number of Topliss-reactive ketones (excluding diaryl/α,β-unsaturated/α-hetero) is 1. The number of aryl methyl sites for hydroxylation is 1. The molecule has 0 saturated heterocycles. The summed E-state index contributed by atoms with van der Waals surface area (Å²) in [4.78, 5) is 26.7. The minimum atomic E-state index is -0.478. The molecule has 1 atom stereocenters. The molecule has 1 unspecified atom stereocenters. The molecule has 4 heteroatoms. The Bertz CT molecular complexity index is 646. The Morgan fingerprint density at radius 3 is 2.61 bits per heavy atom. The van der Waals surface area contributed by atoms with Crippen LogP contribution in [0.25, 0.3) is 0 Å². The van der Waals surface area contributed by atoms with Gasteiger partial charge in [-0.1, -0.05) is 50.6 Å². The molecule has 0 spiro atoms. The van der Waals surface area contributed by atoms with Crippen molar-refractivity contribution < 1.29 is 14.7 Å². The third kappa shape index (κ3) is 3.46. The van der Waals surface area contributed by atoms with Gasteiger partial charge in [0, 0.05) is 13.0 Å². The lowest BCUT2D eigenvalue weighted by Crippen LogP contribution is -2.32. The van der Waals surface area contributed by atoms with Crippen molar-refractivity contribution in [2.45, 2.75) is 46.6 Å². The first-order valence-electron chi connectivity index (χ1n) is 8.20. The highest BCUT2D eigenvalue weighted by molar-refractivity contribution is 6.09. The van der Waals surface area contributed by atoms with E-state index in [1.165, 1.54) is 0 Å². The van der Waals surface area contributed by atoms with E-state index in [0.717, 1.165) is 17.5 Å². The van der Waals surface area contributed by atoms with Gasteiger partial charge in [-0.05, 0) is 24.8 Å². The molecule has 124 valence electrons. The van der Waals surface area contributed by atoms with Gasteiger partial charge in [-0.15, -0.1) is 0 Å². The third-order valence-electron chi connectivity index (χ3n) is 4.02. The van der Waals surface area contributed by atoms with E-state index < -0.39 is 11.9 Å². The topological polar surface area (TPSA) is 57.6 Å². The predicted molar refractivity (Wildman–Crippen MR) is 90.0 cm³/mol. The zero-order valence-corrected chi connectivity index (χ0v) is 14.3. The van der Waals surface area contributed by atoms with E-state index in [0.29, 0.717) is 13.0 Å². The minimum Gasteiger partial charge on any atom is -0.503 e. The van der Waals surface area contributed by atoms with Crippen molar-refractivity contribution in [3.63, 3.8) is 0 Å². The molecule has 1 aromatic rings. The molecule has 1 aromatic carbocycles. The van der Waals surface area contributed by atoms with Crippen molar-refractivity contribution >= 4 is 11.7 Å². The van der Waals surface area contributed by atoms with Crippen LogP contribution in [-0.2, 0) is 9.59 Å². The molecule has 0 aromatic heterocycles. The molecule has 0 saturated carbocycles. The fourth-order valence-corrected chi connectivity index (χ4v) is 3.08. The van der Waals surface area contributed by atoms with Crippen LogP contribution in [0.15, 0.2) is 35.6 Å². The summed E-state index contributed by atoms with van der Waals surface area (Å²) in [5.74, 6) is -0.784. The van der Waals surface area contributed by atoms with Crippen molar-refractivity contribution in [2.75, 3.05) is 6.54 Å². The summed E-state index contributed by atoms with van der Waals surface area (Å²) in [7, 11) is 0. The van der Waals surface area contributed by atoms with Gasteiger partial charge in [0.15, 0.2) is 11.5 Å². The number of amides is 1. The number of benzene rings is 1. The molecule has 0 bridgehead atoms. The lowest BCUT2D eigenvalue weighted by Gasteiger charge is -2.26. The van der Waals surface area contributed by atoms with Gasteiger partial charge in [-0.2, -0.15) is 0 Å².